The number of carbonyl (C=O) groups is 2. The van der Waals surface area contributed by atoms with Gasteiger partial charge >= 0.3 is 0 Å². The molecule has 0 heterocycles. The number of carbonyl (C=O) groups excluding carboxylic acids is 2. The van der Waals surface area contributed by atoms with Gasteiger partial charge in [0.25, 0.3) is 10.0 Å². The predicted molar refractivity (Wildman–Crippen MR) is 155 cm³/mol. The van der Waals surface area contributed by atoms with Crippen molar-refractivity contribution in [3.8, 4) is 11.5 Å². The summed E-state index contributed by atoms with van der Waals surface area (Å²) in [4.78, 5) is 28.5. The fraction of sp³-hybridized carbons (Fsp3) is 0.333. The minimum Gasteiger partial charge on any atom is -0.497 e. The Kier molecular flexibility index (Phi) is 9.81. The first-order valence-electron chi connectivity index (χ1n) is 12.8. The molecule has 214 valence electrons. The Balaban J connectivity index is 2.00. The van der Waals surface area contributed by atoms with Crippen LogP contribution in [0.2, 0.25) is 0 Å². The second-order valence-electron chi connectivity index (χ2n) is 10.3. The van der Waals surface area contributed by atoms with E-state index in [0.29, 0.717) is 17.2 Å². The van der Waals surface area contributed by atoms with Crippen molar-refractivity contribution in [2.24, 2.45) is 0 Å². The number of nitrogens with zero attached hydrogens (tertiary/aromatic N) is 2. The monoisotopic (exact) mass is 567 g/mol. The molecule has 0 bridgehead atoms. The molecule has 0 saturated carbocycles. The minimum absolute atomic E-state index is 0.00480. The first-order valence-corrected chi connectivity index (χ1v) is 14.3. The van der Waals surface area contributed by atoms with E-state index in [1.54, 1.807) is 80.8 Å². The highest BCUT2D eigenvalue weighted by atomic mass is 32.2. The highest BCUT2D eigenvalue weighted by molar-refractivity contribution is 7.92. The molecule has 3 aromatic rings. The zero-order valence-electron chi connectivity index (χ0n) is 23.7. The number of para-hydroxylation sites is 1. The molecule has 0 radical (unpaired) electrons. The lowest BCUT2D eigenvalue weighted by molar-refractivity contribution is -0.140. The first kappa shape index (κ1) is 30.5. The van der Waals surface area contributed by atoms with Crippen molar-refractivity contribution < 1.29 is 27.5 Å². The van der Waals surface area contributed by atoms with Gasteiger partial charge in [-0.25, -0.2) is 8.42 Å². The van der Waals surface area contributed by atoms with Gasteiger partial charge in [-0.05, 0) is 81.8 Å². The Morgan fingerprint density at radius 1 is 0.850 bits per heavy atom. The standard InChI is InChI=1S/C30H37N3O6S/c1-22(29(35)31-30(2,3)4)32(20-23-12-14-25(38-5)15-13-23)28(34)21-33(24-10-8-7-9-11-24)40(36,37)27-18-16-26(39-6)17-19-27/h7-19,22H,20-21H2,1-6H3,(H,31,35). The number of hydrogen-bond donors (Lipinski definition) is 1. The van der Waals surface area contributed by atoms with E-state index in [1.807, 2.05) is 20.8 Å². The summed E-state index contributed by atoms with van der Waals surface area (Å²) in [6.07, 6.45) is 0. The first-order chi connectivity index (χ1) is 18.9. The van der Waals surface area contributed by atoms with Gasteiger partial charge in [0.1, 0.15) is 24.1 Å². The number of sulfonamides is 1. The van der Waals surface area contributed by atoms with Gasteiger partial charge in [-0.15, -0.1) is 0 Å². The van der Waals surface area contributed by atoms with E-state index in [9.17, 15) is 18.0 Å². The van der Waals surface area contributed by atoms with Gasteiger partial charge in [-0.3, -0.25) is 13.9 Å². The lowest BCUT2D eigenvalue weighted by atomic mass is 10.1. The summed E-state index contributed by atoms with van der Waals surface area (Å²) in [5.41, 5.74) is 0.560. The summed E-state index contributed by atoms with van der Waals surface area (Å²) < 4.78 is 39.1. The number of methoxy groups -OCH3 is 2. The Morgan fingerprint density at radius 3 is 1.88 bits per heavy atom. The molecular weight excluding hydrogens is 530 g/mol. The third kappa shape index (κ3) is 7.75. The van der Waals surface area contributed by atoms with E-state index in [-0.39, 0.29) is 17.3 Å². The molecule has 3 aromatic carbocycles. The SMILES string of the molecule is COc1ccc(CN(C(=O)CN(c2ccccc2)S(=O)(=O)c2ccc(OC)cc2)C(C)C(=O)NC(C)(C)C)cc1. The molecule has 10 heteroatoms. The summed E-state index contributed by atoms with van der Waals surface area (Å²) in [5, 5.41) is 2.91. The number of nitrogens with one attached hydrogen (secondary N) is 1. The molecule has 0 spiro atoms. The third-order valence-electron chi connectivity index (χ3n) is 6.15. The van der Waals surface area contributed by atoms with E-state index in [0.717, 1.165) is 9.87 Å². The number of hydrogen-bond acceptors (Lipinski definition) is 6. The van der Waals surface area contributed by atoms with Gasteiger partial charge in [0.05, 0.1) is 24.8 Å². The predicted octanol–water partition coefficient (Wildman–Crippen LogP) is 4.23. The molecule has 0 aromatic heterocycles. The zero-order valence-corrected chi connectivity index (χ0v) is 24.6. The summed E-state index contributed by atoms with van der Waals surface area (Å²) in [7, 11) is -1.10. The normalized spacial score (nSPS) is 12.2. The van der Waals surface area contributed by atoms with Crippen molar-refractivity contribution in [3.63, 3.8) is 0 Å². The van der Waals surface area contributed by atoms with Gasteiger partial charge in [0.15, 0.2) is 0 Å². The summed E-state index contributed by atoms with van der Waals surface area (Å²) in [5.74, 6) is 0.276. The third-order valence-corrected chi connectivity index (χ3v) is 7.94. The summed E-state index contributed by atoms with van der Waals surface area (Å²) >= 11 is 0. The highest BCUT2D eigenvalue weighted by Crippen LogP contribution is 2.26. The van der Waals surface area contributed by atoms with Crippen LogP contribution in [0.25, 0.3) is 0 Å². The molecule has 2 amide bonds. The summed E-state index contributed by atoms with van der Waals surface area (Å²) in [6, 6.07) is 20.6. The maximum absolute atomic E-state index is 13.9. The second kappa shape index (κ2) is 12.9. The molecule has 0 saturated heterocycles. The van der Waals surface area contributed by atoms with Crippen LogP contribution in [0.1, 0.15) is 33.3 Å². The molecular formula is C30H37N3O6S. The molecule has 0 aliphatic rings. The second-order valence-corrected chi connectivity index (χ2v) is 12.2. The summed E-state index contributed by atoms with van der Waals surface area (Å²) in [6.45, 7) is 6.77. The molecule has 1 atom stereocenters. The van der Waals surface area contributed by atoms with Crippen molar-refractivity contribution >= 4 is 27.5 Å². The van der Waals surface area contributed by atoms with Crippen molar-refractivity contribution in [2.45, 2.75) is 50.7 Å². The molecule has 0 fully saturated rings. The lowest BCUT2D eigenvalue weighted by Crippen LogP contribution is -2.54. The number of anilines is 1. The quantitative estimate of drug-likeness (QED) is 0.372. The van der Waals surface area contributed by atoms with Crippen LogP contribution < -0.4 is 19.1 Å². The lowest BCUT2D eigenvalue weighted by Gasteiger charge is -2.33. The molecule has 9 nitrogen and oxygen atoms in total. The van der Waals surface area contributed by atoms with Crippen molar-refractivity contribution in [1.82, 2.24) is 10.2 Å². The Bertz CT molecular complexity index is 1390. The van der Waals surface area contributed by atoms with Gasteiger partial charge in [-0.1, -0.05) is 30.3 Å². The van der Waals surface area contributed by atoms with Crippen molar-refractivity contribution in [3.05, 3.63) is 84.4 Å². The molecule has 40 heavy (non-hydrogen) atoms. The van der Waals surface area contributed by atoms with Crippen LogP contribution in [0.5, 0.6) is 11.5 Å². The highest BCUT2D eigenvalue weighted by Gasteiger charge is 2.33. The van der Waals surface area contributed by atoms with Crippen LogP contribution in [0.15, 0.2) is 83.8 Å². The van der Waals surface area contributed by atoms with Crippen LogP contribution in [0.3, 0.4) is 0 Å². The van der Waals surface area contributed by atoms with Crippen LogP contribution >= 0.6 is 0 Å². The van der Waals surface area contributed by atoms with Gasteiger partial charge in [-0.2, -0.15) is 0 Å². The number of amides is 2. The van der Waals surface area contributed by atoms with E-state index < -0.39 is 34.1 Å². The Morgan fingerprint density at radius 2 is 1.38 bits per heavy atom. The van der Waals surface area contributed by atoms with E-state index in [4.69, 9.17) is 9.47 Å². The number of ether oxygens (including phenoxy) is 2. The largest absolute Gasteiger partial charge is 0.497 e. The van der Waals surface area contributed by atoms with Crippen molar-refractivity contribution in [1.29, 1.82) is 0 Å². The topological polar surface area (TPSA) is 105 Å². The Labute approximate surface area is 236 Å². The van der Waals surface area contributed by atoms with E-state index in [2.05, 4.69) is 5.32 Å². The molecule has 3 rings (SSSR count). The molecule has 0 aliphatic carbocycles. The van der Waals surface area contributed by atoms with Crippen LogP contribution in [-0.4, -0.2) is 57.5 Å². The average molecular weight is 568 g/mol. The van der Waals surface area contributed by atoms with Gasteiger partial charge in [0.2, 0.25) is 11.8 Å². The van der Waals surface area contributed by atoms with Crippen LogP contribution in [0.4, 0.5) is 5.69 Å². The smallest absolute Gasteiger partial charge is 0.264 e. The van der Waals surface area contributed by atoms with E-state index >= 15 is 0 Å². The zero-order chi connectivity index (χ0) is 29.5. The van der Waals surface area contributed by atoms with Crippen LogP contribution in [-0.2, 0) is 26.2 Å². The Hall–Kier alpha value is -4.05. The maximum Gasteiger partial charge on any atom is 0.264 e. The van der Waals surface area contributed by atoms with Crippen LogP contribution in [0, 0.1) is 0 Å². The van der Waals surface area contributed by atoms with Gasteiger partial charge < -0.3 is 19.7 Å². The van der Waals surface area contributed by atoms with Crippen molar-refractivity contribution in [2.75, 3.05) is 25.1 Å². The number of benzene rings is 3. The van der Waals surface area contributed by atoms with Gasteiger partial charge in [0, 0.05) is 12.1 Å². The molecule has 1 unspecified atom stereocenters. The fourth-order valence-electron chi connectivity index (χ4n) is 3.98. The molecule has 0 aliphatic heterocycles. The maximum atomic E-state index is 13.9. The molecule has 1 N–H and O–H groups in total. The minimum atomic E-state index is -4.15. The number of rotatable bonds is 11. The fourth-order valence-corrected chi connectivity index (χ4v) is 5.40. The van der Waals surface area contributed by atoms with E-state index in [1.165, 1.54) is 24.1 Å². The average Bonchev–Trinajstić information content (AvgIpc) is 2.94.